The normalized spacial score (nSPS) is 10.6. The number of benzene rings is 2. The lowest BCUT2D eigenvalue weighted by Gasteiger charge is -2.11. The molecule has 3 aromatic rings. The zero-order valence-electron chi connectivity index (χ0n) is 16.1. The van der Waals surface area contributed by atoms with Crippen molar-refractivity contribution in [3.63, 3.8) is 0 Å². The van der Waals surface area contributed by atoms with Gasteiger partial charge in [0, 0.05) is 24.6 Å². The Labute approximate surface area is 168 Å². The lowest BCUT2D eigenvalue weighted by molar-refractivity contribution is -0.116. The van der Waals surface area contributed by atoms with Gasteiger partial charge in [-0.2, -0.15) is 5.10 Å². The van der Waals surface area contributed by atoms with E-state index in [1.54, 1.807) is 30.3 Å². The SMILES string of the molecule is CCOc1ccccc1NC(=O)CCCn1nc(-c2ccc(F)cc2)ccc1=O. The summed E-state index contributed by atoms with van der Waals surface area (Å²) in [4.78, 5) is 24.3. The second-order valence-corrected chi connectivity index (χ2v) is 6.37. The summed E-state index contributed by atoms with van der Waals surface area (Å²) < 4.78 is 19.9. The van der Waals surface area contributed by atoms with E-state index in [9.17, 15) is 14.0 Å². The molecular weight excluding hydrogens is 373 g/mol. The van der Waals surface area contributed by atoms with Gasteiger partial charge in [-0.1, -0.05) is 12.1 Å². The van der Waals surface area contributed by atoms with Gasteiger partial charge in [-0.25, -0.2) is 9.07 Å². The Morgan fingerprint density at radius 1 is 1.10 bits per heavy atom. The molecule has 150 valence electrons. The highest BCUT2D eigenvalue weighted by atomic mass is 19.1. The molecule has 0 aliphatic heterocycles. The van der Waals surface area contributed by atoms with Crippen molar-refractivity contribution < 1.29 is 13.9 Å². The molecule has 0 spiro atoms. The van der Waals surface area contributed by atoms with Crippen LogP contribution in [0.2, 0.25) is 0 Å². The number of anilines is 1. The van der Waals surface area contributed by atoms with Gasteiger partial charge in [0.1, 0.15) is 11.6 Å². The first-order chi connectivity index (χ1) is 14.1. The molecule has 1 N–H and O–H groups in total. The lowest BCUT2D eigenvalue weighted by Crippen LogP contribution is -2.23. The van der Waals surface area contributed by atoms with Crippen LogP contribution in [0.15, 0.2) is 65.5 Å². The standard InChI is InChI=1S/C22H22FN3O3/c1-2-29-20-7-4-3-6-19(20)24-21(27)8-5-15-26-22(28)14-13-18(25-26)16-9-11-17(23)12-10-16/h3-4,6-7,9-14H,2,5,8,15H2,1H3,(H,24,27). The fourth-order valence-corrected chi connectivity index (χ4v) is 2.84. The van der Waals surface area contributed by atoms with Crippen molar-refractivity contribution in [2.45, 2.75) is 26.3 Å². The Hall–Kier alpha value is -3.48. The highest BCUT2D eigenvalue weighted by Gasteiger charge is 2.09. The van der Waals surface area contributed by atoms with Crippen molar-refractivity contribution in [3.8, 4) is 17.0 Å². The first-order valence-corrected chi connectivity index (χ1v) is 9.42. The molecule has 1 heterocycles. The van der Waals surface area contributed by atoms with E-state index in [4.69, 9.17) is 4.74 Å². The molecule has 0 aliphatic rings. The fraction of sp³-hybridized carbons (Fsp3) is 0.227. The number of halogens is 1. The molecule has 0 saturated heterocycles. The largest absolute Gasteiger partial charge is 0.492 e. The third-order valence-electron chi connectivity index (χ3n) is 4.24. The van der Waals surface area contributed by atoms with Crippen LogP contribution in [0.25, 0.3) is 11.3 Å². The summed E-state index contributed by atoms with van der Waals surface area (Å²) in [7, 11) is 0. The number of carbonyl (C=O) groups excluding carboxylic acids is 1. The quantitative estimate of drug-likeness (QED) is 0.628. The smallest absolute Gasteiger partial charge is 0.266 e. The van der Waals surface area contributed by atoms with Crippen molar-refractivity contribution in [2.75, 3.05) is 11.9 Å². The van der Waals surface area contributed by atoms with Crippen LogP contribution in [0.3, 0.4) is 0 Å². The molecular formula is C22H22FN3O3. The molecule has 0 atom stereocenters. The third-order valence-corrected chi connectivity index (χ3v) is 4.24. The van der Waals surface area contributed by atoms with Gasteiger partial charge in [-0.05, 0) is 55.8 Å². The predicted molar refractivity (Wildman–Crippen MR) is 109 cm³/mol. The number of para-hydroxylation sites is 2. The van der Waals surface area contributed by atoms with Gasteiger partial charge in [-0.3, -0.25) is 9.59 Å². The molecule has 29 heavy (non-hydrogen) atoms. The average Bonchev–Trinajstić information content (AvgIpc) is 2.72. The second kappa shape index (κ2) is 9.64. The van der Waals surface area contributed by atoms with Crippen LogP contribution in [0, 0.1) is 5.82 Å². The highest BCUT2D eigenvalue weighted by molar-refractivity contribution is 5.92. The van der Waals surface area contributed by atoms with Crippen molar-refractivity contribution in [2.24, 2.45) is 0 Å². The second-order valence-electron chi connectivity index (χ2n) is 6.37. The minimum Gasteiger partial charge on any atom is -0.492 e. The van der Waals surface area contributed by atoms with Gasteiger partial charge >= 0.3 is 0 Å². The molecule has 6 nitrogen and oxygen atoms in total. The molecule has 2 aromatic carbocycles. The van der Waals surface area contributed by atoms with Gasteiger partial charge < -0.3 is 10.1 Å². The number of rotatable bonds is 8. The number of amides is 1. The van der Waals surface area contributed by atoms with Crippen LogP contribution >= 0.6 is 0 Å². The van der Waals surface area contributed by atoms with E-state index in [1.807, 2.05) is 19.1 Å². The summed E-state index contributed by atoms with van der Waals surface area (Å²) in [5.74, 6) is 0.118. The zero-order chi connectivity index (χ0) is 20.6. The molecule has 0 unspecified atom stereocenters. The minimum absolute atomic E-state index is 0.167. The van der Waals surface area contributed by atoms with Crippen molar-refractivity contribution in [1.82, 2.24) is 9.78 Å². The van der Waals surface area contributed by atoms with E-state index in [1.165, 1.54) is 22.9 Å². The summed E-state index contributed by atoms with van der Waals surface area (Å²) in [6.07, 6.45) is 0.678. The molecule has 0 bridgehead atoms. The Morgan fingerprint density at radius 2 is 1.86 bits per heavy atom. The van der Waals surface area contributed by atoms with E-state index in [-0.39, 0.29) is 23.7 Å². The van der Waals surface area contributed by atoms with Crippen LogP contribution < -0.4 is 15.6 Å². The lowest BCUT2D eigenvalue weighted by atomic mass is 10.1. The van der Waals surface area contributed by atoms with Gasteiger partial charge in [0.05, 0.1) is 18.0 Å². The molecule has 0 fully saturated rings. The number of hydrogen-bond donors (Lipinski definition) is 1. The molecule has 1 aromatic heterocycles. The molecule has 7 heteroatoms. The molecule has 0 aliphatic carbocycles. The number of nitrogens with zero attached hydrogens (tertiary/aromatic N) is 2. The van der Waals surface area contributed by atoms with Crippen LogP contribution in [-0.4, -0.2) is 22.3 Å². The Balaban J connectivity index is 1.60. The van der Waals surface area contributed by atoms with Crippen molar-refractivity contribution in [1.29, 1.82) is 0 Å². The van der Waals surface area contributed by atoms with Gasteiger partial charge in [0.15, 0.2) is 0 Å². The average molecular weight is 395 g/mol. The third kappa shape index (κ3) is 5.51. The topological polar surface area (TPSA) is 73.2 Å². The van der Waals surface area contributed by atoms with E-state index in [0.29, 0.717) is 42.3 Å². The van der Waals surface area contributed by atoms with Crippen molar-refractivity contribution >= 4 is 11.6 Å². The summed E-state index contributed by atoms with van der Waals surface area (Å²) >= 11 is 0. The summed E-state index contributed by atoms with van der Waals surface area (Å²) in [6.45, 7) is 2.68. The summed E-state index contributed by atoms with van der Waals surface area (Å²) in [6, 6.07) is 16.2. The number of nitrogens with one attached hydrogen (secondary N) is 1. The van der Waals surface area contributed by atoms with Gasteiger partial charge in [0.25, 0.3) is 5.56 Å². The number of aromatic nitrogens is 2. The van der Waals surface area contributed by atoms with Gasteiger partial charge in [-0.15, -0.1) is 0 Å². The van der Waals surface area contributed by atoms with E-state index < -0.39 is 0 Å². The molecule has 0 radical (unpaired) electrons. The maximum absolute atomic E-state index is 13.1. The molecule has 0 saturated carbocycles. The van der Waals surface area contributed by atoms with Crippen LogP contribution in [-0.2, 0) is 11.3 Å². The van der Waals surface area contributed by atoms with Crippen LogP contribution in [0.5, 0.6) is 5.75 Å². The maximum Gasteiger partial charge on any atom is 0.266 e. The number of carbonyl (C=O) groups is 1. The molecule has 1 amide bonds. The van der Waals surface area contributed by atoms with E-state index in [0.717, 1.165) is 0 Å². The first-order valence-electron chi connectivity index (χ1n) is 9.42. The monoisotopic (exact) mass is 395 g/mol. The molecule has 3 rings (SSSR count). The fourth-order valence-electron chi connectivity index (χ4n) is 2.84. The maximum atomic E-state index is 13.1. The minimum atomic E-state index is -0.334. The summed E-state index contributed by atoms with van der Waals surface area (Å²) in [5, 5.41) is 7.15. The zero-order valence-corrected chi connectivity index (χ0v) is 16.1. The Bertz CT molecular complexity index is 1030. The Kier molecular flexibility index (Phi) is 6.73. The van der Waals surface area contributed by atoms with E-state index >= 15 is 0 Å². The first kappa shape index (κ1) is 20.3. The van der Waals surface area contributed by atoms with Gasteiger partial charge in [0.2, 0.25) is 5.91 Å². The number of aryl methyl sites for hydroxylation is 1. The highest BCUT2D eigenvalue weighted by Crippen LogP contribution is 2.23. The predicted octanol–water partition coefficient (Wildman–Crippen LogP) is 3.87. The Morgan fingerprint density at radius 3 is 2.62 bits per heavy atom. The van der Waals surface area contributed by atoms with Crippen molar-refractivity contribution in [3.05, 3.63) is 76.8 Å². The van der Waals surface area contributed by atoms with E-state index in [2.05, 4.69) is 10.4 Å². The number of hydrogen-bond acceptors (Lipinski definition) is 4. The summed E-state index contributed by atoms with van der Waals surface area (Å²) in [5.41, 5.74) is 1.65. The van der Waals surface area contributed by atoms with Crippen LogP contribution in [0.1, 0.15) is 19.8 Å². The van der Waals surface area contributed by atoms with Crippen LogP contribution in [0.4, 0.5) is 10.1 Å². The number of ether oxygens (including phenoxy) is 1.